The van der Waals surface area contributed by atoms with Gasteiger partial charge < -0.3 is 15.1 Å². The Balaban J connectivity index is 1.44. The highest BCUT2D eigenvalue weighted by molar-refractivity contribution is 5.90. The summed E-state index contributed by atoms with van der Waals surface area (Å²) in [6, 6.07) is 11.5. The zero-order chi connectivity index (χ0) is 19.6. The lowest BCUT2D eigenvalue weighted by molar-refractivity contribution is -0.136. The minimum atomic E-state index is -0.526. The summed E-state index contributed by atoms with van der Waals surface area (Å²) in [7, 11) is 1.92. The Morgan fingerprint density at radius 3 is 2.36 bits per heavy atom. The number of aryl methyl sites for hydroxylation is 1. The van der Waals surface area contributed by atoms with E-state index in [1.165, 1.54) is 0 Å². The van der Waals surface area contributed by atoms with Gasteiger partial charge in [0, 0.05) is 51.2 Å². The monoisotopic (exact) mass is 378 g/mol. The molecule has 2 fully saturated rings. The van der Waals surface area contributed by atoms with Gasteiger partial charge in [-0.3, -0.25) is 9.48 Å². The standard InChI is InChI=1S/C21H26N6O/c1-25-11-8-19(24-25)26-12-14-27(15-13-26)20(28)21(9-2-3-10-21)23-18-6-4-17(16-22)5-7-18/h4-8,11,23H,2-3,9-10,12-15H2,1H3. The van der Waals surface area contributed by atoms with Gasteiger partial charge in [0.05, 0.1) is 11.6 Å². The largest absolute Gasteiger partial charge is 0.371 e. The fraction of sp³-hybridized carbons (Fsp3) is 0.476. The molecule has 28 heavy (non-hydrogen) atoms. The number of nitrogens with one attached hydrogen (secondary N) is 1. The predicted molar refractivity (Wildman–Crippen MR) is 108 cm³/mol. The molecule has 4 rings (SSSR count). The number of nitriles is 1. The van der Waals surface area contributed by atoms with Crippen LogP contribution in [-0.2, 0) is 11.8 Å². The number of carbonyl (C=O) groups is 1. The molecule has 0 bridgehead atoms. The lowest BCUT2D eigenvalue weighted by Crippen LogP contribution is -2.57. The van der Waals surface area contributed by atoms with Crippen LogP contribution in [0.25, 0.3) is 0 Å². The molecule has 2 heterocycles. The van der Waals surface area contributed by atoms with Gasteiger partial charge in [-0.15, -0.1) is 0 Å². The minimum Gasteiger partial charge on any atom is -0.371 e. The number of aromatic nitrogens is 2. The van der Waals surface area contributed by atoms with E-state index in [2.05, 4.69) is 21.4 Å². The van der Waals surface area contributed by atoms with Crippen molar-refractivity contribution in [3.8, 4) is 6.07 Å². The second kappa shape index (κ2) is 7.55. The second-order valence-corrected chi connectivity index (χ2v) is 7.73. The second-order valence-electron chi connectivity index (χ2n) is 7.73. The summed E-state index contributed by atoms with van der Waals surface area (Å²) < 4.78 is 1.81. The van der Waals surface area contributed by atoms with E-state index in [1.807, 2.05) is 41.0 Å². The molecule has 0 unspecified atom stereocenters. The van der Waals surface area contributed by atoms with Crippen LogP contribution in [0.1, 0.15) is 31.2 Å². The third kappa shape index (κ3) is 3.55. The fourth-order valence-electron chi connectivity index (χ4n) is 4.29. The summed E-state index contributed by atoms with van der Waals surface area (Å²) in [5.41, 5.74) is 1.01. The van der Waals surface area contributed by atoms with Gasteiger partial charge in [0.25, 0.3) is 0 Å². The highest BCUT2D eigenvalue weighted by Gasteiger charge is 2.44. The lowest BCUT2D eigenvalue weighted by atomic mass is 9.94. The van der Waals surface area contributed by atoms with E-state index in [4.69, 9.17) is 5.26 Å². The maximum absolute atomic E-state index is 13.5. The zero-order valence-electron chi connectivity index (χ0n) is 16.3. The molecule has 2 aromatic rings. The molecule has 0 atom stereocenters. The molecular weight excluding hydrogens is 352 g/mol. The van der Waals surface area contributed by atoms with Crippen LogP contribution in [0.4, 0.5) is 11.5 Å². The molecule has 146 valence electrons. The van der Waals surface area contributed by atoms with Crippen molar-refractivity contribution in [1.82, 2.24) is 14.7 Å². The number of benzene rings is 1. The predicted octanol–water partition coefficient (Wildman–Crippen LogP) is 2.37. The summed E-state index contributed by atoms with van der Waals surface area (Å²) in [6.07, 6.45) is 5.77. The minimum absolute atomic E-state index is 0.204. The quantitative estimate of drug-likeness (QED) is 0.884. The number of piperazine rings is 1. The average Bonchev–Trinajstić information content (AvgIpc) is 3.38. The van der Waals surface area contributed by atoms with Crippen molar-refractivity contribution >= 4 is 17.4 Å². The van der Waals surface area contributed by atoms with Crippen molar-refractivity contribution in [2.75, 3.05) is 36.4 Å². The van der Waals surface area contributed by atoms with Crippen molar-refractivity contribution in [2.24, 2.45) is 7.05 Å². The molecule has 1 saturated carbocycles. The van der Waals surface area contributed by atoms with Gasteiger partial charge in [0.2, 0.25) is 5.91 Å². The number of anilines is 2. The van der Waals surface area contributed by atoms with Crippen molar-refractivity contribution in [3.63, 3.8) is 0 Å². The molecule has 1 saturated heterocycles. The van der Waals surface area contributed by atoms with Gasteiger partial charge in [0.15, 0.2) is 5.82 Å². The normalized spacial score (nSPS) is 18.7. The Morgan fingerprint density at radius 1 is 1.11 bits per heavy atom. The molecular formula is C21H26N6O. The first kappa shape index (κ1) is 18.4. The van der Waals surface area contributed by atoms with Gasteiger partial charge >= 0.3 is 0 Å². The molecule has 7 nitrogen and oxygen atoms in total. The van der Waals surface area contributed by atoms with E-state index in [0.29, 0.717) is 18.7 Å². The first-order valence-electron chi connectivity index (χ1n) is 9.92. The number of rotatable bonds is 4. The van der Waals surface area contributed by atoms with E-state index < -0.39 is 5.54 Å². The first-order valence-corrected chi connectivity index (χ1v) is 9.92. The van der Waals surface area contributed by atoms with E-state index in [-0.39, 0.29) is 5.91 Å². The summed E-state index contributed by atoms with van der Waals surface area (Å²) in [5.74, 6) is 1.18. The first-order chi connectivity index (χ1) is 13.6. The van der Waals surface area contributed by atoms with Gasteiger partial charge in [0.1, 0.15) is 5.54 Å². The van der Waals surface area contributed by atoms with Gasteiger partial charge in [-0.2, -0.15) is 10.4 Å². The van der Waals surface area contributed by atoms with Crippen LogP contribution < -0.4 is 10.2 Å². The van der Waals surface area contributed by atoms with Crippen LogP contribution in [0.15, 0.2) is 36.5 Å². The van der Waals surface area contributed by atoms with Crippen LogP contribution in [0.5, 0.6) is 0 Å². The summed E-state index contributed by atoms with van der Waals surface area (Å²) in [6.45, 7) is 3.03. The molecule has 1 aromatic carbocycles. The topological polar surface area (TPSA) is 77.2 Å². The van der Waals surface area contributed by atoms with Crippen LogP contribution in [-0.4, -0.2) is 52.3 Å². The van der Waals surface area contributed by atoms with Crippen molar-refractivity contribution in [3.05, 3.63) is 42.1 Å². The highest BCUT2D eigenvalue weighted by atomic mass is 16.2. The number of hydrogen-bond acceptors (Lipinski definition) is 5. The van der Waals surface area contributed by atoms with Crippen molar-refractivity contribution in [1.29, 1.82) is 5.26 Å². The molecule has 1 aliphatic heterocycles. The van der Waals surface area contributed by atoms with E-state index in [1.54, 1.807) is 12.1 Å². The highest BCUT2D eigenvalue weighted by Crippen LogP contribution is 2.35. The Kier molecular flexibility index (Phi) is 4.95. The molecule has 2 aliphatic rings. The molecule has 1 N–H and O–H groups in total. The van der Waals surface area contributed by atoms with Crippen LogP contribution in [0, 0.1) is 11.3 Å². The Morgan fingerprint density at radius 2 is 1.79 bits per heavy atom. The van der Waals surface area contributed by atoms with Gasteiger partial charge in [-0.1, -0.05) is 12.8 Å². The maximum Gasteiger partial charge on any atom is 0.248 e. The fourth-order valence-corrected chi connectivity index (χ4v) is 4.29. The average molecular weight is 378 g/mol. The summed E-state index contributed by atoms with van der Waals surface area (Å²) in [4.78, 5) is 17.7. The molecule has 0 spiro atoms. The third-order valence-corrected chi connectivity index (χ3v) is 5.85. The number of hydrogen-bond donors (Lipinski definition) is 1. The van der Waals surface area contributed by atoms with E-state index >= 15 is 0 Å². The van der Waals surface area contributed by atoms with E-state index in [9.17, 15) is 4.79 Å². The van der Waals surface area contributed by atoms with Crippen molar-refractivity contribution < 1.29 is 4.79 Å². The SMILES string of the molecule is Cn1ccc(N2CCN(C(=O)C3(Nc4ccc(C#N)cc4)CCCC3)CC2)n1. The number of nitrogens with zero attached hydrogens (tertiary/aromatic N) is 5. The third-order valence-electron chi connectivity index (χ3n) is 5.85. The van der Waals surface area contributed by atoms with Gasteiger partial charge in [-0.25, -0.2) is 0 Å². The lowest BCUT2D eigenvalue weighted by Gasteiger charge is -2.40. The van der Waals surface area contributed by atoms with Gasteiger partial charge in [-0.05, 0) is 37.1 Å². The van der Waals surface area contributed by atoms with Crippen LogP contribution in [0.2, 0.25) is 0 Å². The summed E-state index contributed by atoms with van der Waals surface area (Å²) >= 11 is 0. The molecule has 1 aliphatic carbocycles. The zero-order valence-corrected chi connectivity index (χ0v) is 16.3. The smallest absolute Gasteiger partial charge is 0.248 e. The van der Waals surface area contributed by atoms with Crippen LogP contribution in [0.3, 0.4) is 0 Å². The molecule has 7 heteroatoms. The van der Waals surface area contributed by atoms with Crippen LogP contribution >= 0.6 is 0 Å². The molecule has 1 amide bonds. The Bertz CT molecular complexity index is 867. The van der Waals surface area contributed by atoms with E-state index in [0.717, 1.165) is 50.3 Å². The Labute approximate surface area is 165 Å². The molecule has 0 radical (unpaired) electrons. The molecule has 1 aromatic heterocycles. The number of carbonyl (C=O) groups excluding carboxylic acids is 1. The summed E-state index contributed by atoms with van der Waals surface area (Å²) in [5, 5.41) is 17.0. The van der Waals surface area contributed by atoms with Crippen molar-refractivity contribution in [2.45, 2.75) is 31.2 Å². The maximum atomic E-state index is 13.5. The number of amides is 1. The Hall–Kier alpha value is -3.01.